The number of nitrogens with zero attached hydrogens (tertiary/aromatic N) is 1. The highest BCUT2D eigenvalue weighted by molar-refractivity contribution is 5.89. The smallest absolute Gasteiger partial charge is 0.406 e. The zero-order valence-electron chi connectivity index (χ0n) is 12.3. The standard InChI is InChI=1S/C14H16F3N3O3/c1-2-9-7-12(23-20-9)8-18-13(21)19-10-3-5-11(6-4-10)22-14(15,16)17/h3-6,12H,2,7-8H2,1H3,(H2,18,19,21)/t12-/m1/s1. The first kappa shape index (κ1) is 16.9. The molecule has 0 aromatic heterocycles. The highest BCUT2D eigenvalue weighted by Crippen LogP contribution is 2.23. The predicted octanol–water partition coefficient (Wildman–Crippen LogP) is 3.26. The molecule has 0 aliphatic carbocycles. The summed E-state index contributed by atoms with van der Waals surface area (Å²) in [6.45, 7) is 2.25. The topological polar surface area (TPSA) is 72.0 Å². The minimum Gasteiger partial charge on any atom is -0.406 e. The Hall–Kier alpha value is -2.45. The summed E-state index contributed by atoms with van der Waals surface area (Å²) < 4.78 is 39.8. The van der Waals surface area contributed by atoms with Crippen molar-refractivity contribution in [2.45, 2.75) is 32.2 Å². The Morgan fingerprint density at radius 1 is 1.39 bits per heavy atom. The number of carbonyl (C=O) groups excluding carboxylic acids is 1. The second-order valence-electron chi connectivity index (χ2n) is 4.85. The summed E-state index contributed by atoms with van der Waals surface area (Å²) in [6, 6.07) is 4.37. The number of ether oxygens (including phenoxy) is 1. The first-order valence-electron chi connectivity index (χ1n) is 6.98. The number of carbonyl (C=O) groups is 1. The number of oxime groups is 1. The van der Waals surface area contributed by atoms with Crippen molar-refractivity contribution in [2.75, 3.05) is 11.9 Å². The summed E-state index contributed by atoms with van der Waals surface area (Å²) in [6.07, 6.45) is -3.47. The SMILES string of the molecule is CCC1=NO[C@@H](CNC(=O)Nc2ccc(OC(F)(F)F)cc2)C1. The lowest BCUT2D eigenvalue weighted by molar-refractivity contribution is -0.274. The predicted molar refractivity (Wildman–Crippen MR) is 77.4 cm³/mol. The van der Waals surface area contributed by atoms with Crippen LogP contribution >= 0.6 is 0 Å². The Bertz CT molecular complexity index is 573. The summed E-state index contributed by atoms with van der Waals surface area (Å²) in [7, 11) is 0. The molecule has 0 unspecified atom stereocenters. The van der Waals surface area contributed by atoms with Crippen LogP contribution in [0.15, 0.2) is 29.4 Å². The van der Waals surface area contributed by atoms with E-state index in [2.05, 4.69) is 20.5 Å². The van der Waals surface area contributed by atoms with Gasteiger partial charge in [-0.1, -0.05) is 12.1 Å². The van der Waals surface area contributed by atoms with E-state index in [9.17, 15) is 18.0 Å². The van der Waals surface area contributed by atoms with Gasteiger partial charge in [-0.15, -0.1) is 13.2 Å². The molecule has 2 amide bonds. The minimum atomic E-state index is -4.74. The average molecular weight is 331 g/mol. The van der Waals surface area contributed by atoms with Crippen molar-refractivity contribution in [3.63, 3.8) is 0 Å². The third-order valence-electron chi connectivity index (χ3n) is 3.04. The molecule has 0 radical (unpaired) electrons. The molecule has 2 N–H and O–H groups in total. The van der Waals surface area contributed by atoms with Crippen LogP contribution in [0.5, 0.6) is 5.75 Å². The molecule has 1 heterocycles. The molecule has 9 heteroatoms. The normalized spacial score (nSPS) is 17.2. The Kier molecular flexibility index (Phi) is 5.30. The monoisotopic (exact) mass is 331 g/mol. The molecule has 1 aliphatic rings. The van der Waals surface area contributed by atoms with E-state index in [0.717, 1.165) is 24.3 Å². The third-order valence-corrected chi connectivity index (χ3v) is 3.04. The van der Waals surface area contributed by atoms with E-state index in [0.29, 0.717) is 12.1 Å². The van der Waals surface area contributed by atoms with Gasteiger partial charge in [-0.2, -0.15) is 0 Å². The van der Waals surface area contributed by atoms with Crippen LogP contribution < -0.4 is 15.4 Å². The summed E-state index contributed by atoms with van der Waals surface area (Å²) in [4.78, 5) is 16.8. The van der Waals surface area contributed by atoms with Crippen LogP contribution in [-0.2, 0) is 4.84 Å². The van der Waals surface area contributed by atoms with Crippen molar-refractivity contribution >= 4 is 17.4 Å². The number of amides is 2. The van der Waals surface area contributed by atoms with Crippen LogP contribution in [0, 0.1) is 0 Å². The summed E-state index contributed by atoms with van der Waals surface area (Å²) in [5, 5.41) is 8.99. The second kappa shape index (κ2) is 7.21. The second-order valence-corrected chi connectivity index (χ2v) is 4.85. The molecule has 1 aromatic rings. The van der Waals surface area contributed by atoms with Gasteiger partial charge in [0.25, 0.3) is 0 Å². The van der Waals surface area contributed by atoms with Crippen molar-refractivity contribution in [1.29, 1.82) is 0 Å². The summed E-state index contributed by atoms with van der Waals surface area (Å²) >= 11 is 0. The maximum absolute atomic E-state index is 12.0. The molecule has 0 bridgehead atoms. The van der Waals surface area contributed by atoms with E-state index in [1.165, 1.54) is 12.1 Å². The molecule has 1 aliphatic heterocycles. The molecule has 2 rings (SSSR count). The first-order chi connectivity index (χ1) is 10.9. The van der Waals surface area contributed by atoms with Gasteiger partial charge in [0, 0.05) is 12.1 Å². The first-order valence-corrected chi connectivity index (χ1v) is 6.98. The van der Waals surface area contributed by atoms with Crippen LogP contribution in [0.1, 0.15) is 19.8 Å². The zero-order valence-corrected chi connectivity index (χ0v) is 12.3. The molecular formula is C14H16F3N3O3. The highest BCUT2D eigenvalue weighted by Gasteiger charge is 2.31. The lowest BCUT2D eigenvalue weighted by atomic mass is 10.1. The molecule has 0 spiro atoms. The van der Waals surface area contributed by atoms with Crippen LogP contribution in [0.2, 0.25) is 0 Å². The van der Waals surface area contributed by atoms with E-state index in [4.69, 9.17) is 4.84 Å². The lowest BCUT2D eigenvalue weighted by Gasteiger charge is -2.12. The molecule has 126 valence electrons. The molecule has 1 aromatic carbocycles. The highest BCUT2D eigenvalue weighted by atomic mass is 19.4. The van der Waals surface area contributed by atoms with E-state index in [1.54, 1.807) is 0 Å². The summed E-state index contributed by atoms with van der Waals surface area (Å²) in [5.74, 6) is -0.355. The average Bonchev–Trinajstić information content (AvgIpc) is 2.94. The molecule has 6 nitrogen and oxygen atoms in total. The molecule has 0 saturated carbocycles. The van der Waals surface area contributed by atoms with Crippen molar-refractivity contribution in [2.24, 2.45) is 5.16 Å². The number of hydrogen-bond donors (Lipinski definition) is 2. The Labute approximate surface area is 130 Å². The van der Waals surface area contributed by atoms with Crippen LogP contribution in [0.4, 0.5) is 23.7 Å². The van der Waals surface area contributed by atoms with Gasteiger partial charge in [-0.05, 0) is 30.7 Å². The Balaban J connectivity index is 1.75. The number of nitrogens with one attached hydrogen (secondary N) is 2. The molecule has 1 atom stereocenters. The molecule has 0 saturated heterocycles. The van der Waals surface area contributed by atoms with E-state index >= 15 is 0 Å². The maximum atomic E-state index is 12.0. The van der Waals surface area contributed by atoms with E-state index < -0.39 is 12.4 Å². The van der Waals surface area contributed by atoms with Crippen molar-refractivity contribution in [3.8, 4) is 5.75 Å². The van der Waals surface area contributed by atoms with E-state index in [-0.39, 0.29) is 18.4 Å². The van der Waals surface area contributed by atoms with Crippen LogP contribution in [0.3, 0.4) is 0 Å². The number of halogens is 3. The minimum absolute atomic E-state index is 0.196. The molecule has 23 heavy (non-hydrogen) atoms. The maximum Gasteiger partial charge on any atom is 0.573 e. The largest absolute Gasteiger partial charge is 0.573 e. The number of alkyl halides is 3. The van der Waals surface area contributed by atoms with Crippen molar-refractivity contribution in [3.05, 3.63) is 24.3 Å². The quantitative estimate of drug-likeness (QED) is 0.870. The third kappa shape index (κ3) is 5.68. The van der Waals surface area contributed by atoms with Gasteiger partial charge in [0.05, 0.1) is 12.3 Å². The number of urea groups is 1. The van der Waals surface area contributed by atoms with Gasteiger partial charge in [-0.3, -0.25) is 0 Å². The van der Waals surface area contributed by atoms with Gasteiger partial charge >= 0.3 is 12.4 Å². The number of benzene rings is 1. The van der Waals surface area contributed by atoms with Crippen LogP contribution in [0.25, 0.3) is 0 Å². The van der Waals surface area contributed by atoms with E-state index in [1.807, 2.05) is 6.92 Å². The fourth-order valence-electron chi connectivity index (χ4n) is 1.93. The Morgan fingerprint density at radius 3 is 2.65 bits per heavy atom. The van der Waals surface area contributed by atoms with Crippen LogP contribution in [-0.4, -0.2) is 30.8 Å². The van der Waals surface area contributed by atoms with Crippen molar-refractivity contribution < 1.29 is 27.5 Å². The fourth-order valence-corrected chi connectivity index (χ4v) is 1.93. The zero-order chi connectivity index (χ0) is 16.9. The van der Waals surface area contributed by atoms with Gasteiger partial charge < -0.3 is 20.2 Å². The van der Waals surface area contributed by atoms with Gasteiger partial charge in [0.1, 0.15) is 11.9 Å². The van der Waals surface area contributed by atoms with Gasteiger partial charge in [0.2, 0.25) is 0 Å². The number of rotatable bonds is 5. The van der Waals surface area contributed by atoms with Gasteiger partial charge in [-0.25, -0.2) is 4.79 Å². The molecule has 0 fully saturated rings. The number of anilines is 1. The number of hydrogen-bond acceptors (Lipinski definition) is 4. The Morgan fingerprint density at radius 2 is 2.09 bits per heavy atom. The van der Waals surface area contributed by atoms with Gasteiger partial charge in [0.15, 0.2) is 0 Å². The summed E-state index contributed by atoms with van der Waals surface area (Å²) in [5.41, 5.74) is 1.28. The fraction of sp³-hybridized carbons (Fsp3) is 0.429. The molecular weight excluding hydrogens is 315 g/mol. The van der Waals surface area contributed by atoms with Crippen molar-refractivity contribution in [1.82, 2.24) is 5.32 Å². The lowest BCUT2D eigenvalue weighted by Crippen LogP contribution is -2.35.